The van der Waals surface area contributed by atoms with Gasteiger partial charge in [-0.05, 0) is 36.3 Å². The van der Waals surface area contributed by atoms with Crippen LogP contribution < -0.4 is 0 Å². The van der Waals surface area contributed by atoms with Gasteiger partial charge in [0.1, 0.15) is 0 Å². The highest BCUT2D eigenvalue weighted by atomic mass is 14.2. The molecule has 0 amide bonds. The molecule has 0 fully saturated rings. The summed E-state index contributed by atoms with van der Waals surface area (Å²) in [5.41, 5.74) is 4.22. The lowest BCUT2D eigenvalue weighted by molar-refractivity contribution is 0.593. The minimum atomic E-state index is 0.612. The number of benzene rings is 2. The Labute approximate surface area is 111 Å². The molecule has 2 rings (SSSR count). The molecule has 94 valence electrons. The Hall–Kier alpha value is -1.56. The average Bonchev–Trinajstić information content (AvgIpc) is 2.40. The van der Waals surface area contributed by atoms with Gasteiger partial charge in [-0.15, -0.1) is 0 Å². The third-order valence-electron chi connectivity index (χ3n) is 3.72. The summed E-state index contributed by atoms with van der Waals surface area (Å²) < 4.78 is 0. The van der Waals surface area contributed by atoms with Crippen LogP contribution in [-0.2, 0) is 0 Å². The topological polar surface area (TPSA) is 0 Å². The van der Waals surface area contributed by atoms with Gasteiger partial charge in [-0.3, -0.25) is 0 Å². The third-order valence-corrected chi connectivity index (χ3v) is 3.72. The van der Waals surface area contributed by atoms with Crippen LogP contribution in [0.2, 0.25) is 0 Å². The van der Waals surface area contributed by atoms with Crippen LogP contribution >= 0.6 is 0 Å². The highest BCUT2D eigenvalue weighted by molar-refractivity contribution is 5.25. The molecule has 2 atom stereocenters. The first-order valence-electron chi connectivity index (χ1n) is 6.78. The molecule has 0 radical (unpaired) electrons. The van der Waals surface area contributed by atoms with Gasteiger partial charge in [-0.2, -0.15) is 0 Å². The summed E-state index contributed by atoms with van der Waals surface area (Å²) in [5.74, 6) is 1.23. The Kier molecular flexibility index (Phi) is 4.19. The second-order valence-electron chi connectivity index (χ2n) is 5.36. The van der Waals surface area contributed by atoms with Crippen molar-refractivity contribution in [2.45, 2.75) is 39.0 Å². The summed E-state index contributed by atoms with van der Waals surface area (Å²) >= 11 is 0. The van der Waals surface area contributed by atoms with Crippen LogP contribution in [-0.4, -0.2) is 0 Å². The SMILES string of the molecule is Cc1ccc(C(C)CC(C)c2ccccc2)cc1. The molecule has 0 saturated carbocycles. The fourth-order valence-corrected chi connectivity index (χ4v) is 2.48. The van der Waals surface area contributed by atoms with Crippen LogP contribution in [0.15, 0.2) is 54.6 Å². The molecule has 2 unspecified atom stereocenters. The van der Waals surface area contributed by atoms with E-state index in [1.165, 1.54) is 23.1 Å². The Bertz CT molecular complexity index is 467. The van der Waals surface area contributed by atoms with Crippen molar-refractivity contribution in [2.24, 2.45) is 0 Å². The molecule has 0 aliphatic heterocycles. The Morgan fingerprint density at radius 3 is 1.78 bits per heavy atom. The molecule has 0 aromatic heterocycles. The lowest BCUT2D eigenvalue weighted by Crippen LogP contribution is -2.01. The highest BCUT2D eigenvalue weighted by Crippen LogP contribution is 2.29. The Balaban J connectivity index is 2.03. The van der Waals surface area contributed by atoms with Crippen LogP contribution in [0, 0.1) is 6.92 Å². The lowest BCUT2D eigenvalue weighted by atomic mass is 9.87. The largest absolute Gasteiger partial charge is 0.0622 e. The van der Waals surface area contributed by atoms with E-state index in [-0.39, 0.29) is 0 Å². The monoisotopic (exact) mass is 238 g/mol. The van der Waals surface area contributed by atoms with Gasteiger partial charge in [0.15, 0.2) is 0 Å². The smallest absolute Gasteiger partial charge is 0.0185 e. The van der Waals surface area contributed by atoms with Crippen LogP contribution in [0.25, 0.3) is 0 Å². The van der Waals surface area contributed by atoms with E-state index in [0.29, 0.717) is 11.8 Å². The average molecular weight is 238 g/mol. The summed E-state index contributed by atoms with van der Waals surface area (Å²) in [6.07, 6.45) is 1.20. The van der Waals surface area contributed by atoms with Gasteiger partial charge in [0.2, 0.25) is 0 Å². The molecule has 0 aliphatic carbocycles. The quantitative estimate of drug-likeness (QED) is 0.678. The van der Waals surface area contributed by atoms with Crippen molar-refractivity contribution in [3.8, 4) is 0 Å². The highest BCUT2D eigenvalue weighted by Gasteiger charge is 2.12. The van der Waals surface area contributed by atoms with Crippen molar-refractivity contribution in [1.82, 2.24) is 0 Å². The number of aryl methyl sites for hydroxylation is 1. The summed E-state index contributed by atoms with van der Waals surface area (Å²) in [6.45, 7) is 6.78. The number of rotatable bonds is 4. The van der Waals surface area contributed by atoms with E-state index in [1.807, 2.05) is 0 Å². The second-order valence-corrected chi connectivity index (χ2v) is 5.36. The maximum Gasteiger partial charge on any atom is -0.0185 e. The van der Waals surface area contributed by atoms with Crippen LogP contribution in [0.1, 0.15) is 48.8 Å². The molecule has 0 heteroatoms. The molecule has 0 nitrogen and oxygen atoms in total. The van der Waals surface area contributed by atoms with E-state index in [1.54, 1.807) is 0 Å². The molecule has 0 aliphatic rings. The molecule has 2 aromatic carbocycles. The predicted molar refractivity (Wildman–Crippen MR) is 79.1 cm³/mol. The predicted octanol–water partition coefficient (Wildman–Crippen LogP) is 5.29. The number of hydrogen-bond donors (Lipinski definition) is 0. The lowest BCUT2D eigenvalue weighted by Gasteiger charge is -2.18. The molecule has 2 aromatic rings. The first-order chi connectivity index (χ1) is 8.66. The molecule has 0 heterocycles. The first kappa shape index (κ1) is 12.9. The summed E-state index contributed by atoms with van der Waals surface area (Å²) in [4.78, 5) is 0. The standard InChI is InChI=1S/C18H22/c1-14-9-11-18(12-10-14)16(3)13-15(2)17-7-5-4-6-8-17/h4-12,15-16H,13H2,1-3H3. The summed E-state index contributed by atoms with van der Waals surface area (Å²) in [5, 5.41) is 0. The van der Waals surface area contributed by atoms with Crippen molar-refractivity contribution in [3.05, 3.63) is 71.3 Å². The van der Waals surface area contributed by atoms with Gasteiger partial charge >= 0.3 is 0 Å². The maximum absolute atomic E-state index is 2.32. The van der Waals surface area contributed by atoms with Crippen molar-refractivity contribution in [1.29, 1.82) is 0 Å². The molecule has 0 bridgehead atoms. The summed E-state index contributed by atoms with van der Waals surface area (Å²) in [7, 11) is 0. The fraction of sp³-hybridized carbons (Fsp3) is 0.333. The zero-order valence-electron chi connectivity index (χ0n) is 11.6. The molecular weight excluding hydrogens is 216 g/mol. The van der Waals surface area contributed by atoms with Gasteiger partial charge in [0.25, 0.3) is 0 Å². The first-order valence-corrected chi connectivity index (χ1v) is 6.78. The van der Waals surface area contributed by atoms with Gasteiger partial charge in [-0.1, -0.05) is 74.0 Å². The Morgan fingerprint density at radius 1 is 0.722 bits per heavy atom. The third kappa shape index (κ3) is 3.22. The summed E-state index contributed by atoms with van der Waals surface area (Å²) in [6, 6.07) is 19.7. The van der Waals surface area contributed by atoms with Crippen molar-refractivity contribution >= 4 is 0 Å². The zero-order chi connectivity index (χ0) is 13.0. The van der Waals surface area contributed by atoms with Crippen LogP contribution in [0.5, 0.6) is 0 Å². The van der Waals surface area contributed by atoms with E-state index in [0.717, 1.165) is 0 Å². The molecule has 0 spiro atoms. The molecule has 18 heavy (non-hydrogen) atoms. The zero-order valence-corrected chi connectivity index (χ0v) is 11.6. The van der Waals surface area contributed by atoms with E-state index < -0.39 is 0 Å². The van der Waals surface area contributed by atoms with E-state index in [9.17, 15) is 0 Å². The minimum Gasteiger partial charge on any atom is -0.0622 e. The van der Waals surface area contributed by atoms with E-state index >= 15 is 0 Å². The molecular formula is C18H22. The molecule has 0 saturated heterocycles. The van der Waals surface area contributed by atoms with Crippen LogP contribution in [0.3, 0.4) is 0 Å². The minimum absolute atomic E-state index is 0.612. The van der Waals surface area contributed by atoms with Gasteiger partial charge in [0.05, 0.1) is 0 Å². The van der Waals surface area contributed by atoms with Crippen molar-refractivity contribution < 1.29 is 0 Å². The van der Waals surface area contributed by atoms with Gasteiger partial charge < -0.3 is 0 Å². The van der Waals surface area contributed by atoms with Crippen molar-refractivity contribution in [3.63, 3.8) is 0 Å². The van der Waals surface area contributed by atoms with Crippen LogP contribution in [0.4, 0.5) is 0 Å². The Morgan fingerprint density at radius 2 is 1.22 bits per heavy atom. The number of hydrogen-bond acceptors (Lipinski definition) is 0. The second kappa shape index (κ2) is 5.86. The normalized spacial score (nSPS) is 14.2. The molecule has 0 N–H and O–H groups in total. The van der Waals surface area contributed by atoms with Gasteiger partial charge in [0, 0.05) is 0 Å². The van der Waals surface area contributed by atoms with Gasteiger partial charge in [-0.25, -0.2) is 0 Å². The van der Waals surface area contributed by atoms with E-state index in [2.05, 4.69) is 75.4 Å². The van der Waals surface area contributed by atoms with Crippen molar-refractivity contribution in [2.75, 3.05) is 0 Å². The maximum atomic E-state index is 2.32. The fourth-order valence-electron chi connectivity index (χ4n) is 2.48. The van der Waals surface area contributed by atoms with E-state index in [4.69, 9.17) is 0 Å².